The Hall–Kier alpha value is -1.33. The quantitative estimate of drug-likeness (QED) is 0.901. The molecule has 1 unspecified atom stereocenters. The van der Waals surface area contributed by atoms with Crippen molar-refractivity contribution in [3.63, 3.8) is 0 Å². The van der Waals surface area contributed by atoms with Gasteiger partial charge in [0.1, 0.15) is 5.03 Å². The zero-order valence-electron chi connectivity index (χ0n) is 10.2. The van der Waals surface area contributed by atoms with Gasteiger partial charge >= 0.3 is 0 Å². The maximum Gasteiger partial charge on any atom is 0.174 e. The molecular weight excluding hydrogens is 232 g/mol. The molecule has 0 aromatic carbocycles. The van der Waals surface area contributed by atoms with Gasteiger partial charge in [0.25, 0.3) is 0 Å². The van der Waals surface area contributed by atoms with Gasteiger partial charge < -0.3 is 9.88 Å². The van der Waals surface area contributed by atoms with Gasteiger partial charge in [-0.05, 0) is 31.8 Å². The van der Waals surface area contributed by atoms with E-state index in [1.807, 2.05) is 37.1 Å². The molecule has 0 radical (unpaired) electrons. The van der Waals surface area contributed by atoms with E-state index < -0.39 is 0 Å². The van der Waals surface area contributed by atoms with Crippen LogP contribution in [0.1, 0.15) is 18.5 Å². The van der Waals surface area contributed by atoms with Gasteiger partial charge in [-0.2, -0.15) is 0 Å². The Morgan fingerprint density at radius 2 is 2.18 bits per heavy atom. The van der Waals surface area contributed by atoms with Crippen LogP contribution in [0.3, 0.4) is 0 Å². The molecular formula is C12H16N4S. The summed E-state index contributed by atoms with van der Waals surface area (Å²) in [7, 11) is 3.94. The lowest BCUT2D eigenvalue weighted by molar-refractivity contribution is 0.634. The third kappa shape index (κ3) is 2.68. The first kappa shape index (κ1) is 12.1. The van der Waals surface area contributed by atoms with E-state index in [1.54, 1.807) is 18.0 Å². The Labute approximate surface area is 105 Å². The maximum absolute atomic E-state index is 4.43. The number of pyridine rings is 1. The average Bonchev–Trinajstić information content (AvgIpc) is 2.75. The van der Waals surface area contributed by atoms with Crippen molar-refractivity contribution >= 4 is 11.8 Å². The third-order valence-electron chi connectivity index (χ3n) is 2.67. The second-order valence-corrected chi connectivity index (χ2v) is 4.79. The molecule has 2 heterocycles. The number of nitrogens with one attached hydrogen (secondary N) is 1. The summed E-state index contributed by atoms with van der Waals surface area (Å²) in [6, 6.07) is 4.34. The number of hydrogen-bond acceptors (Lipinski definition) is 4. The largest absolute Gasteiger partial charge is 0.329 e. The summed E-state index contributed by atoms with van der Waals surface area (Å²) in [5.41, 5.74) is 1.20. The van der Waals surface area contributed by atoms with Crippen molar-refractivity contribution in [2.24, 2.45) is 7.05 Å². The summed E-state index contributed by atoms with van der Waals surface area (Å²) in [6.07, 6.45) is 5.55. The Kier molecular flexibility index (Phi) is 3.81. The minimum absolute atomic E-state index is 0.284. The Morgan fingerprint density at radius 1 is 1.35 bits per heavy atom. The summed E-state index contributed by atoms with van der Waals surface area (Å²) in [5, 5.41) is 5.19. The molecule has 90 valence electrons. The second kappa shape index (κ2) is 5.33. The molecule has 1 atom stereocenters. The number of rotatable bonds is 4. The highest BCUT2D eigenvalue weighted by Crippen LogP contribution is 2.29. The van der Waals surface area contributed by atoms with Gasteiger partial charge in [0.15, 0.2) is 5.16 Å². The van der Waals surface area contributed by atoms with Gasteiger partial charge in [-0.3, -0.25) is 0 Å². The molecule has 17 heavy (non-hydrogen) atoms. The van der Waals surface area contributed by atoms with Gasteiger partial charge in [0.05, 0.1) is 0 Å². The van der Waals surface area contributed by atoms with Crippen LogP contribution in [0.4, 0.5) is 0 Å². The summed E-state index contributed by atoms with van der Waals surface area (Å²) in [5.74, 6) is 0. The van der Waals surface area contributed by atoms with Gasteiger partial charge in [0.2, 0.25) is 0 Å². The zero-order chi connectivity index (χ0) is 12.3. The molecule has 5 heteroatoms. The summed E-state index contributed by atoms with van der Waals surface area (Å²) >= 11 is 1.59. The molecule has 4 nitrogen and oxygen atoms in total. The molecule has 0 aliphatic heterocycles. The van der Waals surface area contributed by atoms with Crippen LogP contribution in [0.2, 0.25) is 0 Å². The van der Waals surface area contributed by atoms with Crippen molar-refractivity contribution in [2.45, 2.75) is 23.1 Å². The van der Waals surface area contributed by atoms with Crippen molar-refractivity contribution in [3.8, 4) is 0 Å². The fourth-order valence-electron chi connectivity index (χ4n) is 1.51. The predicted molar refractivity (Wildman–Crippen MR) is 69.0 cm³/mol. The lowest BCUT2D eigenvalue weighted by Gasteiger charge is -2.13. The van der Waals surface area contributed by atoms with E-state index >= 15 is 0 Å². The third-order valence-corrected chi connectivity index (χ3v) is 3.78. The van der Waals surface area contributed by atoms with E-state index in [-0.39, 0.29) is 6.04 Å². The van der Waals surface area contributed by atoms with Crippen LogP contribution < -0.4 is 5.32 Å². The van der Waals surface area contributed by atoms with E-state index in [2.05, 4.69) is 28.3 Å². The standard InChI is InChI=1S/C12H16N4S/c1-9(13-2)10-5-4-6-14-11(10)17-12-15-7-8-16(12)3/h4-9,13H,1-3H3. The second-order valence-electron chi connectivity index (χ2n) is 3.83. The van der Waals surface area contributed by atoms with Crippen molar-refractivity contribution in [1.82, 2.24) is 19.9 Å². The number of aromatic nitrogens is 3. The van der Waals surface area contributed by atoms with Gasteiger partial charge in [0, 0.05) is 37.2 Å². The highest BCUT2D eigenvalue weighted by molar-refractivity contribution is 7.99. The molecule has 0 spiro atoms. The van der Waals surface area contributed by atoms with E-state index in [0.717, 1.165) is 10.2 Å². The first-order chi connectivity index (χ1) is 8.22. The molecule has 2 rings (SSSR count). The van der Waals surface area contributed by atoms with Crippen LogP contribution in [-0.4, -0.2) is 21.6 Å². The van der Waals surface area contributed by atoms with Gasteiger partial charge in [-0.15, -0.1) is 0 Å². The van der Waals surface area contributed by atoms with E-state index in [0.29, 0.717) is 0 Å². The summed E-state index contributed by atoms with van der Waals surface area (Å²) < 4.78 is 1.99. The van der Waals surface area contributed by atoms with Crippen LogP contribution in [0.15, 0.2) is 40.9 Å². The topological polar surface area (TPSA) is 42.7 Å². The molecule has 0 amide bonds. The molecule has 2 aromatic heterocycles. The van der Waals surface area contributed by atoms with Crippen LogP contribution >= 0.6 is 11.8 Å². The minimum atomic E-state index is 0.284. The van der Waals surface area contributed by atoms with Crippen molar-refractivity contribution in [3.05, 3.63) is 36.3 Å². The molecule has 0 saturated heterocycles. The fourth-order valence-corrected chi connectivity index (χ4v) is 2.48. The number of nitrogens with zero attached hydrogens (tertiary/aromatic N) is 3. The molecule has 0 aliphatic carbocycles. The van der Waals surface area contributed by atoms with Gasteiger partial charge in [-0.1, -0.05) is 6.07 Å². The monoisotopic (exact) mass is 248 g/mol. The lowest BCUT2D eigenvalue weighted by atomic mass is 10.1. The maximum atomic E-state index is 4.43. The molecule has 0 fully saturated rings. The van der Waals surface area contributed by atoms with E-state index in [1.165, 1.54) is 5.56 Å². The normalized spacial score (nSPS) is 12.6. The van der Waals surface area contributed by atoms with Gasteiger partial charge in [-0.25, -0.2) is 9.97 Å². The van der Waals surface area contributed by atoms with Crippen molar-refractivity contribution in [1.29, 1.82) is 0 Å². The highest BCUT2D eigenvalue weighted by atomic mass is 32.2. The fraction of sp³-hybridized carbons (Fsp3) is 0.333. The Balaban J connectivity index is 2.30. The smallest absolute Gasteiger partial charge is 0.174 e. The van der Waals surface area contributed by atoms with Crippen LogP contribution in [0, 0.1) is 0 Å². The van der Waals surface area contributed by atoms with Crippen LogP contribution in [0.25, 0.3) is 0 Å². The first-order valence-corrected chi connectivity index (χ1v) is 6.31. The molecule has 1 N–H and O–H groups in total. The number of imidazole rings is 1. The van der Waals surface area contributed by atoms with Crippen LogP contribution in [0.5, 0.6) is 0 Å². The number of aryl methyl sites for hydroxylation is 1. The predicted octanol–water partition coefficient (Wildman–Crippen LogP) is 2.25. The lowest BCUT2D eigenvalue weighted by Crippen LogP contribution is -2.13. The van der Waals surface area contributed by atoms with E-state index in [9.17, 15) is 0 Å². The Morgan fingerprint density at radius 3 is 2.82 bits per heavy atom. The molecule has 0 bridgehead atoms. The highest BCUT2D eigenvalue weighted by Gasteiger charge is 2.12. The van der Waals surface area contributed by atoms with Crippen molar-refractivity contribution < 1.29 is 0 Å². The molecule has 0 aliphatic rings. The summed E-state index contributed by atoms with van der Waals surface area (Å²) in [4.78, 5) is 8.74. The average molecular weight is 248 g/mol. The minimum Gasteiger partial charge on any atom is -0.329 e. The van der Waals surface area contributed by atoms with E-state index in [4.69, 9.17) is 0 Å². The van der Waals surface area contributed by atoms with Crippen molar-refractivity contribution in [2.75, 3.05) is 7.05 Å². The molecule has 0 saturated carbocycles. The zero-order valence-corrected chi connectivity index (χ0v) is 11.0. The molecule has 2 aromatic rings. The SMILES string of the molecule is CNC(C)c1cccnc1Sc1nccn1C. The number of hydrogen-bond donors (Lipinski definition) is 1. The summed E-state index contributed by atoms with van der Waals surface area (Å²) in [6.45, 7) is 2.12. The first-order valence-electron chi connectivity index (χ1n) is 5.49. The van der Waals surface area contributed by atoms with Crippen LogP contribution in [-0.2, 0) is 7.05 Å². The Bertz CT molecular complexity index is 495.